The molecule has 4 aliphatic rings. The molecule has 11 heteroatoms. The van der Waals surface area contributed by atoms with Crippen molar-refractivity contribution < 1.29 is 28.3 Å². The van der Waals surface area contributed by atoms with Crippen LogP contribution in [0.1, 0.15) is 43.8 Å². The van der Waals surface area contributed by atoms with Crippen LogP contribution in [-0.2, 0) is 14.4 Å². The second-order valence-electron chi connectivity index (χ2n) is 9.15. The summed E-state index contributed by atoms with van der Waals surface area (Å²) in [5.74, 6) is -7.05. The van der Waals surface area contributed by atoms with E-state index < -0.39 is 60.2 Å². The second-order valence-corrected chi connectivity index (χ2v) is 9.59. The van der Waals surface area contributed by atoms with Gasteiger partial charge in [0.1, 0.15) is 12.1 Å². The molecular weight excluding hydrogens is 470 g/mol. The number of nitriles is 1. The number of piperidine rings is 2. The molecule has 3 saturated heterocycles. The predicted octanol–water partition coefficient (Wildman–Crippen LogP) is 1.92. The lowest BCUT2D eigenvalue weighted by molar-refractivity contribution is -0.198. The lowest BCUT2D eigenvalue weighted by Gasteiger charge is -2.54. The van der Waals surface area contributed by atoms with E-state index in [1.165, 1.54) is 12.1 Å². The zero-order valence-corrected chi connectivity index (χ0v) is 19.0. The van der Waals surface area contributed by atoms with E-state index in [4.69, 9.17) is 11.6 Å². The SMILES string of the molecule is N#C[C@@H](C[C@H]1CCNC1=O)NC(=O)[C@H]1[C@@H]2CC[C@@H](CC2(F)F)N1C(=O)[C@H](O)c1cccc(Cl)c1. The van der Waals surface area contributed by atoms with Crippen LogP contribution < -0.4 is 10.6 Å². The smallest absolute Gasteiger partial charge is 0.256 e. The van der Waals surface area contributed by atoms with Crippen molar-refractivity contribution in [1.29, 1.82) is 5.26 Å². The van der Waals surface area contributed by atoms with Gasteiger partial charge < -0.3 is 20.6 Å². The number of nitrogens with one attached hydrogen (secondary N) is 2. The summed E-state index contributed by atoms with van der Waals surface area (Å²) in [4.78, 5) is 39.4. The summed E-state index contributed by atoms with van der Waals surface area (Å²) in [6.07, 6.45) is -1.41. The van der Waals surface area contributed by atoms with Crippen molar-refractivity contribution in [2.75, 3.05) is 6.54 Å². The van der Waals surface area contributed by atoms with Crippen LogP contribution in [0, 0.1) is 23.2 Å². The Kier molecular flexibility index (Phi) is 6.78. The first kappa shape index (κ1) is 24.4. The largest absolute Gasteiger partial charge is 0.378 e. The highest BCUT2D eigenvalue weighted by atomic mass is 35.5. The Hall–Kier alpha value is -2.77. The molecule has 3 N–H and O–H groups in total. The molecule has 3 amide bonds. The van der Waals surface area contributed by atoms with E-state index in [2.05, 4.69) is 10.6 Å². The molecule has 1 aliphatic carbocycles. The van der Waals surface area contributed by atoms with Crippen molar-refractivity contribution in [3.8, 4) is 6.07 Å². The van der Waals surface area contributed by atoms with Gasteiger partial charge in [-0.05, 0) is 43.4 Å². The molecule has 0 radical (unpaired) electrons. The van der Waals surface area contributed by atoms with Gasteiger partial charge in [-0.25, -0.2) is 8.78 Å². The Morgan fingerprint density at radius 2 is 2.12 bits per heavy atom. The van der Waals surface area contributed by atoms with Gasteiger partial charge >= 0.3 is 0 Å². The van der Waals surface area contributed by atoms with Crippen LogP contribution in [0.25, 0.3) is 0 Å². The lowest BCUT2D eigenvalue weighted by Crippen LogP contribution is -2.69. The van der Waals surface area contributed by atoms with Gasteiger partial charge in [-0.15, -0.1) is 0 Å². The number of hydrogen-bond acceptors (Lipinski definition) is 5. The van der Waals surface area contributed by atoms with E-state index in [1.807, 2.05) is 6.07 Å². The summed E-state index contributed by atoms with van der Waals surface area (Å²) in [5, 5.41) is 25.6. The van der Waals surface area contributed by atoms with Crippen molar-refractivity contribution in [2.45, 2.75) is 62.3 Å². The molecule has 3 heterocycles. The topological polar surface area (TPSA) is 123 Å². The summed E-state index contributed by atoms with van der Waals surface area (Å²) in [6, 6.07) is 4.35. The number of alkyl halides is 2. The predicted molar refractivity (Wildman–Crippen MR) is 116 cm³/mol. The van der Waals surface area contributed by atoms with Gasteiger partial charge in [-0.3, -0.25) is 14.4 Å². The first-order chi connectivity index (χ1) is 16.1. The zero-order chi connectivity index (χ0) is 24.6. The van der Waals surface area contributed by atoms with Crippen LogP contribution in [0.5, 0.6) is 0 Å². The van der Waals surface area contributed by atoms with E-state index >= 15 is 0 Å². The molecule has 8 nitrogen and oxygen atoms in total. The molecule has 0 aromatic heterocycles. The molecule has 5 rings (SSSR count). The maximum atomic E-state index is 14.8. The lowest BCUT2D eigenvalue weighted by atomic mass is 9.71. The van der Waals surface area contributed by atoms with Gasteiger partial charge in [-0.2, -0.15) is 5.26 Å². The number of halogens is 3. The molecule has 0 unspecified atom stereocenters. The molecular formula is C23H25ClF2N4O4. The summed E-state index contributed by atoms with van der Waals surface area (Å²) in [5.41, 5.74) is 0.187. The quantitative estimate of drug-likeness (QED) is 0.557. The van der Waals surface area contributed by atoms with Gasteiger partial charge in [0.25, 0.3) is 11.8 Å². The average Bonchev–Trinajstić information content (AvgIpc) is 3.20. The summed E-state index contributed by atoms with van der Waals surface area (Å²) in [6.45, 7) is 0.470. The first-order valence-electron chi connectivity index (χ1n) is 11.2. The molecule has 1 aromatic carbocycles. The van der Waals surface area contributed by atoms with E-state index in [-0.39, 0.29) is 35.8 Å². The number of nitrogens with zero attached hydrogens (tertiary/aromatic N) is 2. The van der Waals surface area contributed by atoms with Crippen LogP contribution >= 0.6 is 11.6 Å². The monoisotopic (exact) mass is 494 g/mol. The summed E-state index contributed by atoms with van der Waals surface area (Å²) in [7, 11) is 0. The number of aliphatic hydroxyl groups excluding tert-OH is 1. The highest BCUT2D eigenvalue weighted by molar-refractivity contribution is 6.30. The summed E-state index contributed by atoms with van der Waals surface area (Å²) < 4.78 is 29.6. The number of hydrogen-bond donors (Lipinski definition) is 3. The fraction of sp³-hybridized carbons (Fsp3) is 0.565. The molecule has 182 valence electrons. The second kappa shape index (κ2) is 9.47. The van der Waals surface area contributed by atoms with E-state index in [0.29, 0.717) is 13.0 Å². The van der Waals surface area contributed by atoms with Crippen LogP contribution in [-0.4, -0.2) is 58.3 Å². The number of carbonyl (C=O) groups is 3. The number of aliphatic hydroxyl groups is 1. The number of benzene rings is 1. The highest BCUT2D eigenvalue weighted by Crippen LogP contribution is 2.49. The summed E-state index contributed by atoms with van der Waals surface area (Å²) >= 11 is 5.95. The molecule has 6 atom stereocenters. The van der Waals surface area contributed by atoms with Gasteiger partial charge in [0, 0.05) is 29.9 Å². The maximum absolute atomic E-state index is 14.8. The van der Waals surface area contributed by atoms with Crippen molar-refractivity contribution in [1.82, 2.24) is 15.5 Å². The number of fused-ring (bicyclic) bond motifs is 3. The Morgan fingerprint density at radius 3 is 2.74 bits per heavy atom. The maximum Gasteiger partial charge on any atom is 0.256 e. The number of carbonyl (C=O) groups excluding carboxylic acids is 3. The molecule has 0 spiro atoms. The Balaban J connectivity index is 1.58. The highest BCUT2D eigenvalue weighted by Gasteiger charge is 2.61. The van der Waals surface area contributed by atoms with Crippen molar-refractivity contribution in [3.05, 3.63) is 34.9 Å². The van der Waals surface area contributed by atoms with Crippen LogP contribution in [0.15, 0.2) is 24.3 Å². The fourth-order valence-electron chi connectivity index (χ4n) is 5.34. The molecule has 1 saturated carbocycles. The number of rotatable bonds is 6. The minimum atomic E-state index is -3.17. The van der Waals surface area contributed by atoms with Crippen molar-refractivity contribution in [2.24, 2.45) is 11.8 Å². The molecule has 1 aromatic rings. The van der Waals surface area contributed by atoms with Gasteiger partial charge in [0.2, 0.25) is 11.8 Å². The van der Waals surface area contributed by atoms with Crippen LogP contribution in [0.3, 0.4) is 0 Å². The average molecular weight is 495 g/mol. The molecule has 34 heavy (non-hydrogen) atoms. The first-order valence-corrected chi connectivity index (χ1v) is 11.6. The normalized spacial score (nSPS) is 29.1. The standard InChI is InChI=1S/C23H25ClF2N4O4/c24-14-3-1-2-12(8-14)19(31)22(34)30-16-4-5-17(23(25,26)10-16)18(30)21(33)29-15(11-27)9-13-6-7-28-20(13)32/h1-3,8,13,15-19,31H,4-7,9-10H2,(H,28,32)(H,29,33)/t13-,15-,16+,17+,18-,19-/m1/s1. The Labute approximate surface area is 200 Å². The van der Waals surface area contributed by atoms with E-state index in [1.54, 1.807) is 12.1 Å². The zero-order valence-electron chi connectivity index (χ0n) is 18.2. The minimum absolute atomic E-state index is 0.0368. The van der Waals surface area contributed by atoms with Crippen LogP contribution in [0.4, 0.5) is 8.78 Å². The van der Waals surface area contributed by atoms with Crippen molar-refractivity contribution >= 4 is 29.3 Å². The third-order valence-electron chi connectivity index (χ3n) is 7.01. The third-order valence-corrected chi connectivity index (χ3v) is 7.25. The van der Waals surface area contributed by atoms with E-state index in [0.717, 1.165) is 4.90 Å². The molecule has 3 aliphatic heterocycles. The minimum Gasteiger partial charge on any atom is -0.378 e. The van der Waals surface area contributed by atoms with Gasteiger partial charge in [0.05, 0.1) is 12.0 Å². The third kappa shape index (κ3) is 4.59. The van der Waals surface area contributed by atoms with Gasteiger partial charge in [-0.1, -0.05) is 23.7 Å². The Bertz CT molecular complexity index is 1030. The number of amides is 3. The Morgan fingerprint density at radius 1 is 1.35 bits per heavy atom. The molecule has 2 bridgehead atoms. The van der Waals surface area contributed by atoms with E-state index in [9.17, 15) is 33.5 Å². The molecule has 4 fully saturated rings. The fourth-order valence-corrected chi connectivity index (χ4v) is 5.54. The van der Waals surface area contributed by atoms with Gasteiger partial charge in [0.15, 0.2) is 6.10 Å². The van der Waals surface area contributed by atoms with Crippen LogP contribution in [0.2, 0.25) is 5.02 Å². The van der Waals surface area contributed by atoms with Crippen molar-refractivity contribution in [3.63, 3.8) is 0 Å².